The van der Waals surface area contributed by atoms with Gasteiger partial charge in [0.05, 0.1) is 28.6 Å². The van der Waals surface area contributed by atoms with Crippen LogP contribution >= 0.6 is 11.6 Å². The summed E-state index contributed by atoms with van der Waals surface area (Å²) in [5.41, 5.74) is 12.5. The molecule has 2 fully saturated rings. The molecule has 0 aliphatic carbocycles. The third kappa shape index (κ3) is 2.85. The number of likely N-dealkylation sites (tertiary alicyclic amines) is 1. The van der Waals surface area contributed by atoms with Crippen molar-refractivity contribution in [2.24, 2.45) is 0 Å². The van der Waals surface area contributed by atoms with Crippen LogP contribution < -0.4 is 16.4 Å². The number of nitrogens with two attached hydrogens (primary N) is 2. The highest BCUT2D eigenvalue weighted by molar-refractivity contribution is 6.34. The lowest BCUT2D eigenvalue weighted by molar-refractivity contribution is 0.0215. The van der Waals surface area contributed by atoms with Gasteiger partial charge in [-0.05, 0) is 27.2 Å². The molecule has 0 saturated carbocycles. The van der Waals surface area contributed by atoms with Crippen LogP contribution in [0.15, 0.2) is 6.20 Å². The Balaban J connectivity index is 1.77. The average Bonchev–Trinajstić information content (AvgIpc) is 3.01. The molecule has 2 bridgehead atoms. The fraction of sp³-hybridized carbons (Fsp3) is 0.600. The van der Waals surface area contributed by atoms with Crippen LogP contribution in [0.25, 0.3) is 0 Å². The standard InChI is InChI=1S/C15H22ClN5O2/c1-15(2,3)23-14(22)21-7-8-4-9(21)6-20(8)12-10(16)5-19-13(18)11(12)17/h5,8-9H,4,6-7,17H2,1-3H3,(H2,18,19)/t8-,9-/m0/s1. The Morgan fingerprint density at radius 3 is 2.61 bits per heavy atom. The van der Waals surface area contributed by atoms with Crippen molar-refractivity contribution in [3.63, 3.8) is 0 Å². The number of carbonyl (C=O) groups excluding carboxylic acids is 1. The van der Waals surface area contributed by atoms with Gasteiger partial charge in [0.1, 0.15) is 11.4 Å². The lowest BCUT2D eigenvalue weighted by atomic mass is 10.2. The van der Waals surface area contributed by atoms with E-state index in [2.05, 4.69) is 9.88 Å². The van der Waals surface area contributed by atoms with Gasteiger partial charge in [-0.3, -0.25) is 0 Å². The van der Waals surface area contributed by atoms with Crippen LogP contribution in [0.5, 0.6) is 0 Å². The van der Waals surface area contributed by atoms with Gasteiger partial charge in [0.25, 0.3) is 0 Å². The van der Waals surface area contributed by atoms with Gasteiger partial charge >= 0.3 is 6.09 Å². The molecule has 126 valence electrons. The lowest BCUT2D eigenvalue weighted by Gasteiger charge is -2.37. The topological polar surface area (TPSA) is 97.7 Å². The Labute approximate surface area is 140 Å². The smallest absolute Gasteiger partial charge is 0.410 e. The molecular formula is C15H22ClN5O2. The first kappa shape index (κ1) is 16.0. The Morgan fingerprint density at radius 1 is 1.35 bits per heavy atom. The van der Waals surface area contributed by atoms with Gasteiger partial charge in [-0.25, -0.2) is 9.78 Å². The van der Waals surface area contributed by atoms with Gasteiger partial charge in [0.2, 0.25) is 0 Å². The number of hydrogen-bond acceptors (Lipinski definition) is 6. The molecule has 0 aromatic carbocycles. The quantitative estimate of drug-likeness (QED) is 0.813. The molecule has 0 spiro atoms. The summed E-state index contributed by atoms with van der Waals surface area (Å²) in [5, 5.41) is 0.480. The first-order chi connectivity index (χ1) is 10.7. The van der Waals surface area contributed by atoms with Crippen molar-refractivity contribution < 1.29 is 9.53 Å². The molecule has 2 aliphatic heterocycles. The van der Waals surface area contributed by atoms with Crippen LogP contribution in [0.1, 0.15) is 27.2 Å². The van der Waals surface area contributed by atoms with E-state index in [1.165, 1.54) is 6.20 Å². The van der Waals surface area contributed by atoms with Gasteiger partial charge in [-0.15, -0.1) is 0 Å². The minimum Gasteiger partial charge on any atom is -0.444 e. The summed E-state index contributed by atoms with van der Waals surface area (Å²) in [5.74, 6) is 0.274. The fourth-order valence-electron chi connectivity index (χ4n) is 3.28. The van der Waals surface area contributed by atoms with E-state index in [-0.39, 0.29) is 24.0 Å². The van der Waals surface area contributed by atoms with Crippen LogP contribution in [-0.4, -0.2) is 46.8 Å². The molecule has 1 aromatic rings. The zero-order valence-corrected chi connectivity index (χ0v) is 14.3. The van der Waals surface area contributed by atoms with Gasteiger partial charge in [0.15, 0.2) is 0 Å². The summed E-state index contributed by atoms with van der Waals surface area (Å²) in [6, 6.07) is 0.258. The Bertz CT molecular complexity index is 645. The highest BCUT2D eigenvalue weighted by Gasteiger charge is 2.47. The average molecular weight is 340 g/mol. The molecule has 0 unspecified atom stereocenters. The minimum atomic E-state index is -0.494. The summed E-state index contributed by atoms with van der Waals surface area (Å²) in [4.78, 5) is 20.2. The first-order valence-electron chi connectivity index (χ1n) is 7.63. The number of anilines is 3. The molecular weight excluding hydrogens is 318 g/mol. The summed E-state index contributed by atoms with van der Waals surface area (Å²) in [6.45, 7) is 6.86. The highest BCUT2D eigenvalue weighted by Crippen LogP contribution is 2.42. The second-order valence-electron chi connectivity index (χ2n) is 7.08. The maximum absolute atomic E-state index is 12.3. The van der Waals surface area contributed by atoms with E-state index in [0.717, 1.165) is 12.1 Å². The van der Waals surface area contributed by atoms with E-state index < -0.39 is 5.60 Å². The molecule has 3 rings (SSSR count). The maximum Gasteiger partial charge on any atom is 0.410 e. The molecule has 3 heterocycles. The van der Waals surface area contributed by atoms with E-state index >= 15 is 0 Å². The number of nitrogen functional groups attached to an aromatic ring is 2. The zero-order valence-electron chi connectivity index (χ0n) is 13.5. The zero-order chi connectivity index (χ0) is 16.9. The lowest BCUT2D eigenvalue weighted by Crippen LogP contribution is -2.50. The molecule has 2 aliphatic rings. The van der Waals surface area contributed by atoms with Crippen molar-refractivity contribution in [1.29, 1.82) is 0 Å². The maximum atomic E-state index is 12.3. The monoisotopic (exact) mass is 339 g/mol. The molecule has 1 amide bonds. The molecule has 7 nitrogen and oxygen atoms in total. The number of ether oxygens (including phenoxy) is 1. The predicted molar refractivity (Wildman–Crippen MR) is 90.6 cm³/mol. The number of halogens is 1. The number of nitrogens with zero attached hydrogens (tertiary/aromatic N) is 3. The molecule has 2 saturated heterocycles. The number of amides is 1. The van der Waals surface area contributed by atoms with Crippen molar-refractivity contribution >= 4 is 34.9 Å². The Morgan fingerprint density at radius 2 is 2.04 bits per heavy atom. The van der Waals surface area contributed by atoms with Crippen LogP contribution in [-0.2, 0) is 4.74 Å². The third-order valence-corrected chi connectivity index (χ3v) is 4.51. The number of rotatable bonds is 1. The molecule has 2 atom stereocenters. The Hall–Kier alpha value is -1.89. The van der Waals surface area contributed by atoms with Gasteiger partial charge < -0.3 is 26.0 Å². The number of pyridine rings is 1. The summed E-state index contributed by atoms with van der Waals surface area (Å²) in [6.07, 6.45) is 2.12. The number of fused-ring (bicyclic) bond motifs is 2. The van der Waals surface area contributed by atoms with Crippen LogP contribution in [0, 0.1) is 0 Å². The van der Waals surface area contributed by atoms with E-state index in [1.54, 1.807) is 4.90 Å². The number of hydrogen-bond donors (Lipinski definition) is 2. The predicted octanol–water partition coefficient (Wildman–Crippen LogP) is 2.10. The third-order valence-electron chi connectivity index (χ3n) is 4.23. The van der Waals surface area contributed by atoms with E-state index in [9.17, 15) is 4.79 Å². The largest absolute Gasteiger partial charge is 0.444 e. The molecule has 23 heavy (non-hydrogen) atoms. The fourth-order valence-corrected chi connectivity index (χ4v) is 3.54. The molecule has 0 radical (unpaired) electrons. The SMILES string of the molecule is CC(C)(C)OC(=O)N1C[C@@H]2C[C@H]1CN2c1c(Cl)cnc(N)c1N. The first-order valence-corrected chi connectivity index (χ1v) is 8.01. The van der Waals surface area contributed by atoms with Crippen LogP contribution in [0.4, 0.5) is 22.0 Å². The van der Waals surface area contributed by atoms with E-state index in [1.807, 2.05) is 20.8 Å². The number of carbonyl (C=O) groups is 1. The molecule has 4 N–H and O–H groups in total. The van der Waals surface area contributed by atoms with Gasteiger partial charge in [0, 0.05) is 19.1 Å². The normalized spacial score (nSPS) is 23.5. The summed E-state index contributed by atoms with van der Waals surface area (Å²) < 4.78 is 5.47. The molecule has 8 heteroatoms. The number of aromatic nitrogens is 1. The highest BCUT2D eigenvalue weighted by atomic mass is 35.5. The van der Waals surface area contributed by atoms with Gasteiger partial charge in [-0.1, -0.05) is 11.6 Å². The van der Waals surface area contributed by atoms with Crippen molar-refractivity contribution in [1.82, 2.24) is 9.88 Å². The van der Waals surface area contributed by atoms with Crippen molar-refractivity contribution in [2.75, 3.05) is 29.5 Å². The molecule has 1 aromatic heterocycles. The Kier molecular flexibility index (Phi) is 3.71. The van der Waals surface area contributed by atoms with Gasteiger partial charge in [-0.2, -0.15) is 0 Å². The van der Waals surface area contributed by atoms with Crippen LogP contribution in [0.2, 0.25) is 5.02 Å². The summed E-state index contributed by atoms with van der Waals surface area (Å²) in [7, 11) is 0. The van der Waals surface area contributed by atoms with Crippen molar-refractivity contribution in [3.05, 3.63) is 11.2 Å². The van der Waals surface area contributed by atoms with Crippen LogP contribution in [0.3, 0.4) is 0 Å². The second-order valence-corrected chi connectivity index (χ2v) is 7.49. The van der Waals surface area contributed by atoms with Crippen molar-refractivity contribution in [3.8, 4) is 0 Å². The minimum absolute atomic E-state index is 0.0970. The second kappa shape index (κ2) is 5.33. The van der Waals surface area contributed by atoms with E-state index in [0.29, 0.717) is 23.8 Å². The number of piperazine rings is 1. The van der Waals surface area contributed by atoms with E-state index in [4.69, 9.17) is 27.8 Å². The summed E-state index contributed by atoms with van der Waals surface area (Å²) >= 11 is 6.26. The van der Waals surface area contributed by atoms with Crippen molar-refractivity contribution in [2.45, 2.75) is 44.9 Å².